The number of nitrogens with zero attached hydrogens (tertiary/aromatic N) is 2. The maximum atomic E-state index is 5.77. The monoisotopic (exact) mass is 239 g/mol. The van der Waals surface area contributed by atoms with Gasteiger partial charge < -0.3 is 15.0 Å². The number of ether oxygens (including phenoxy) is 1. The zero-order chi connectivity index (χ0) is 11.4. The molecule has 0 saturated carbocycles. The summed E-state index contributed by atoms with van der Waals surface area (Å²) in [4.78, 5) is 5.43. The fourth-order valence-corrected chi connectivity index (χ4v) is 2.01. The van der Waals surface area contributed by atoms with Crippen molar-refractivity contribution in [1.82, 2.24) is 10.1 Å². The molecule has 0 fully saturated rings. The van der Waals surface area contributed by atoms with Gasteiger partial charge in [-0.2, -0.15) is 4.98 Å². The first-order chi connectivity index (χ1) is 7.79. The largest absolute Gasteiger partial charge is 0.383 e. The lowest BCUT2D eigenvalue weighted by molar-refractivity contribution is 0.166. The molecule has 0 aliphatic rings. The highest BCUT2D eigenvalue weighted by Gasteiger charge is 2.14. The highest BCUT2D eigenvalue weighted by molar-refractivity contribution is 7.09. The first-order valence-electron chi connectivity index (χ1n) is 4.89. The molecule has 0 amide bonds. The molecule has 86 valence electrons. The van der Waals surface area contributed by atoms with Crippen LogP contribution in [0.5, 0.6) is 0 Å². The Kier molecular flexibility index (Phi) is 3.66. The number of hydrogen-bond acceptors (Lipinski definition) is 6. The fourth-order valence-electron chi connectivity index (χ4n) is 1.31. The lowest BCUT2D eigenvalue weighted by atomic mass is 10.3. The van der Waals surface area contributed by atoms with Gasteiger partial charge in [-0.3, -0.25) is 0 Å². The first-order valence-corrected chi connectivity index (χ1v) is 5.77. The number of thiophene rings is 1. The molecule has 2 aromatic rings. The molecule has 0 aliphatic heterocycles. The molecular formula is C10H13N3O2S. The van der Waals surface area contributed by atoms with E-state index in [1.54, 1.807) is 18.4 Å². The van der Waals surface area contributed by atoms with Crippen LogP contribution in [0.25, 0.3) is 0 Å². The van der Waals surface area contributed by atoms with Crippen molar-refractivity contribution in [2.45, 2.75) is 12.5 Å². The van der Waals surface area contributed by atoms with Crippen LogP contribution >= 0.6 is 11.3 Å². The normalized spacial score (nSPS) is 12.9. The number of aromatic nitrogens is 2. The maximum Gasteiger partial charge on any atom is 0.245 e. The molecule has 1 atom stereocenters. The highest BCUT2D eigenvalue weighted by Crippen LogP contribution is 2.14. The van der Waals surface area contributed by atoms with E-state index < -0.39 is 0 Å². The Hall–Kier alpha value is -1.24. The molecule has 2 N–H and O–H groups in total. The van der Waals surface area contributed by atoms with Crippen molar-refractivity contribution < 1.29 is 9.26 Å². The topological polar surface area (TPSA) is 74.2 Å². The molecular weight excluding hydrogens is 226 g/mol. The van der Waals surface area contributed by atoms with Gasteiger partial charge in [0.05, 0.1) is 6.61 Å². The smallest absolute Gasteiger partial charge is 0.245 e. The minimum atomic E-state index is -0.352. The standard InChI is InChI=1S/C10H13N3O2S/c1-14-6-8(11)10-12-9(13-15-10)5-7-3-2-4-16-7/h2-4,8H,5-6,11H2,1H3. The van der Waals surface area contributed by atoms with Crippen molar-refractivity contribution in [3.8, 4) is 0 Å². The summed E-state index contributed by atoms with van der Waals surface area (Å²) < 4.78 is 9.99. The number of nitrogens with two attached hydrogens (primary N) is 1. The first kappa shape index (κ1) is 11.3. The van der Waals surface area contributed by atoms with Crippen molar-refractivity contribution in [2.75, 3.05) is 13.7 Å². The van der Waals surface area contributed by atoms with E-state index >= 15 is 0 Å². The highest BCUT2D eigenvalue weighted by atomic mass is 32.1. The summed E-state index contributed by atoms with van der Waals surface area (Å²) in [5, 5.41) is 5.90. The van der Waals surface area contributed by atoms with Crippen LogP contribution in [0.3, 0.4) is 0 Å². The van der Waals surface area contributed by atoms with E-state index in [1.165, 1.54) is 4.88 Å². The molecule has 2 heterocycles. The van der Waals surface area contributed by atoms with Crippen LogP contribution < -0.4 is 5.73 Å². The minimum absolute atomic E-state index is 0.352. The average molecular weight is 239 g/mol. The Morgan fingerprint density at radius 1 is 1.62 bits per heavy atom. The fraction of sp³-hybridized carbons (Fsp3) is 0.400. The van der Waals surface area contributed by atoms with E-state index in [0.717, 1.165) is 0 Å². The number of hydrogen-bond donors (Lipinski definition) is 1. The van der Waals surface area contributed by atoms with Gasteiger partial charge >= 0.3 is 0 Å². The Bertz CT molecular complexity index is 427. The van der Waals surface area contributed by atoms with E-state index in [-0.39, 0.29) is 6.04 Å². The molecule has 1 unspecified atom stereocenters. The number of methoxy groups -OCH3 is 1. The van der Waals surface area contributed by atoms with Crippen LogP contribution in [0.1, 0.15) is 22.6 Å². The molecule has 0 spiro atoms. The molecule has 0 aromatic carbocycles. The van der Waals surface area contributed by atoms with Gasteiger partial charge in [-0.15, -0.1) is 11.3 Å². The van der Waals surface area contributed by atoms with Crippen LogP contribution in [0.15, 0.2) is 22.0 Å². The van der Waals surface area contributed by atoms with Gasteiger partial charge in [-0.1, -0.05) is 11.2 Å². The zero-order valence-electron chi connectivity index (χ0n) is 8.92. The third kappa shape index (κ3) is 2.66. The molecule has 16 heavy (non-hydrogen) atoms. The van der Waals surface area contributed by atoms with E-state index in [4.69, 9.17) is 15.0 Å². The minimum Gasteiger partial charge on any atom is -0.383 e. The van der Waals surface area contributed by atoms with Gasteiger partial charge in [0.2, 0.25) is 5.89 Å². The van der Waals surface area contributed by atoms with Crippen LogP contribution in [0.4, 0.5) is 0 Å². The SMILES string of the molecule is COCC(N)c1nc(Cc2cccs2)no1. The lowest BCUT2D eigenvalue weighted by Gasteiger charge is -2.02. The van der Waals surface area contributed by atoms with Gasteiger partial charge in [-0.05, 0) is 11.4 Å². The molecule has 0 aliphatic carbocycles. The second-order valence-corrected chi connectivity index (χ2v) is 4.40. The van der Waals surface area contributed by atoms with Crippen molar-refractivity contribution in [1.29, 1.82) is 0 Å². The summed E-state index contributed by atoms with van der Waals surface area (Å²) in [5.41, 5.74) is 5.77. The van der Waals surface area contributed by atoms with E-state index in [2.05, 4.69) is 10.1 Å². The van der Waals surface area contributed by atoms with Gasteiger partial charge in [0.1, 0.15) is 6.04 Å². The summed E-state index contributed by atoms with van der Waals surface area (Å²) in [5.74, 6) is 1.08. The summed E-state index contributed by atoms with van der Waals surface area (Å²) in [6.45, 7) is 0.376. The average Bonchev–Trinajstić information content (AvgIpc) is 2.90. The van der Waals surface area contributed by atoms with Gasteiger partial charge in [0.25, 0.3) is 0 Å². The zero-order valence-corrected chi connectivity index (χ0v) is 9.74. The summed E-state index contributed by atoms with van der Waals surface area (Å²) in [6.07, 6.45) is 0.681. The molecule has 0 saturated heterocycles. The van der Waals surface area contributed by atoms with E-state index in [9.17, 15) is 0 Å². The quantitative estimate of drug-likeness (QED) is 0.853. The van der Waals surface area contributed by atoms with Crippen LogP contribution in [-0.2, 0) is 11.2 Å². The molecule has 0 radical (unpaired) electrons. The van der Waals surface area contributed by atoms with Crippen molar-refractivity contribution in [2.24, 2.45) is 5.73 Å². The van der Waals surface area contributed by atoms with Gasteiger partial charge in [-0.25, -0.2) is 0 Å². The maximum absolute atomic E-state index is 5.77. The van der Waals surface area contributed by atoms with E-state index in [1.807, 2.05) is 17.5 Å². The van der Waals surface area contributed by atoms with Crippen molar-refractivity contribution >= 4 is 11.3 Å². The number of rotatable bonds is 5. The predicted octanol–water partition coefficient (Wildman–Crippen LogP) is 1.37. The Balaban J connectivity index is 2.02. The molecule has 6 heteroatoms. The molecule has 0 bridgehead atoms. The van der Waals surface area contributed by atoms with Crippen LogP contribution in [0.2, 0.25) is 0 Å². The third-order valence-corrected chi connectivity index (χ3v) is 2.94. The third-order valence-electron chi connectivity index (χ3n) is 2.06. The Labute approximate surface area is 97.2 Å². The van der Waals surface area contributed by atoms with Crippen LogP contribution in [-0.4, -0.2) is 23.9 Å². The van der Waals surface area contributed by atoms with Gasteiger partial charge in [0, 0.05) is 18.4 Å². The molecule has 5 nitrogen and oxygen atoms in total. The Morgan fingerprint density at radius 3 is 3.19 bits per heavy atom. The van der Waals surface area contributed by atoms with Crippen molar-refractivity contribution in [3.63, 3.8) is 0 Å². The van der Waals surface area contributed by atoms with Crippen molar-refractivity contribution in [3.05, 3.63) is 34.1 Å². The Morgan fingerprint density at radius 2 is 2.50 bits per heavy atom. The summed E-state index contributed by atoms with van der Waals surface area (Å²) in [6, 6.07) is 3.68. The molecule has 2 rings (SSSR count). The van der Waals surface area contributed by atoms with E-state index in [0.29, 0.717) is 24.7 Å². The summed E-state index contributed by atoms with van der Waals surface area (Å²) in [7, 11) is 1.59. The second kappa shape index (κ2) is 5.20. The summed E-state index contributed by atoms with van der Waals surface area (Å²) >= 11 is 1.67. The van der Waals surface area contributed by atoms with Crippen LogP contribution in [0, 0.1) is 0 Å². The lowest BCUT2D eigenvalue weighted by Crippen LogP contribution is -2.16. The predicted molar refractivity (Wildman–Crippen MR) is 60.2 cm³/mol. The van der Waals surface area contributed by atoms with Gasteiger partial charge in [0.15, 0.2) is 5.82 Å². The second-order valence-electron chi connectivity index (χ2n) is 3.37. The molecule has 2 aromatic heterocycles.